The predicted molar refractivity (Wildman–Crippen MR) is 66.3 cm³/mol. The minimum absolute atomic E-state index is 0.268. The maximum atomic E-state index is 11.1. The summed E-state index contributed by atoms with van der Waals surface area (Å²) in [6.45, 7) is 6.33. The lowest BCUT2D eigenvalue weighted by atomic mass is 10.4. The molecular formula is C10H23N3O2S. The van der Waals surface area contributed by atoms with Crippen molar-refractivity contribution < 1.29 is 8.42 Å². The highest BCUT2D eigenvalue weighted by molar-refractivity contribution is 7.90. The van der Waals surface area contributed by atoms with Gasteiger partial charge in [0, 0.05) is 39.0 Å². The fraction of sp³-hybridized carbons (Fsp3) is 1.00. The van der Waals surface area contributed by atoms with E-state index in [1.807, 2.05) is 0 Å². The highest BCUT2D eigenvalue weighted by atomic mass is 32.2. The normalized spacial score (nSPS) is 20.9. The smallest absolute Gasteiger partial charge is 0.148 e. The van der Waals surface area contributed by atoms with Crippen molar-refractivity contribution in [2.45, 2.75) is 6.42 Å². The van der Waals surface area contributed by atoms with Crippen LogP contribution in [0.2, 0.25) is 0 Å². The summed E-state index contributed by atoms with van der Waals surface area (Å²) in [5.74, 6) is 0.268. The Hall–Kier alpha value is -0.170. The van der Waals surface area contributed by atoms with Gasteiger partial charge in [0.15, 0.2) is 0 Å². The van der Waals surface area contributed by atoms with Crippen molar-refractivity contribution in [2.24, 2.45) is 5.73 Å². The molecule has 2 N–H and O–H groups in total. The van der Waals surface area contributed by atoms with Crippen molar-refractivity contribution >= 4 is 9.84 Å². The Morgan fingerprint density at radius 3 is 2.12 bits per heavy atom. The zero-order valence-corrected chi connectivity index (χ0v) is 10.9. The van der Waals surface area contributed by atoms with E-state index in [-0.39, 0.29) is 5.75 Å². The van der Waals surface area contributed by atoms with Gasteiger partial charge in [-0.3, -0.25) is 0 Å². The molecule has 0 bridgehead atoms. The first-order valence-electron chi connectivity index (χ1n) is 5.84. The lowest BCUT2D eigenvalue weighted by Crippen LogP contribution is -2.35. The van der Waals surface area contributed by atoms with Gasteiger partial charge in [0.1, 0.15) is 9.84 Å². The molecule has 16 heavy (non-hydrogen) atoms. The Morgan fingerprint density at radius 1 is 1.06 bits per heavy atom. The molecule has 1 fully saturated rings. The van der Waals surface area contributed by atoms with E-state index in [2.05, 4.69) is 9.80 Å². The maximum Gasteiger partial charge on any atom is 0.148 e. The van der Waals surface area contributed by atoms with Crippen molar-refractivity contribution in [3.8, 4) is 0 Å². The van der Waals surface area contributed by atoms with E-state index in [9.17, 15) is 8.42 Å². The molecule has 0 saturated carbocycles. The van der Waals surface area contributed by atoms with Gasteiger partial charge in [-0.1, -0.05) is 0 Å². The summed E-state index contributed by atoms with van der Waals surface area (Å²) >= 11 is 0. The number of hydrogen-bond donors (Lipinski definition) is 1. The number of rotatable bonds is 5. The zero-order valence-electron chi connectivity index (χ0n) is 10.1. The molecule has 0 aromatic rings. The van der Waals surface area contributed by atoms with Crippen molar-refractivity contribution in [3.63, 3.8) is 0 Å². The monoisotopic (exact) mass is 249 g/mol. The molecule has 0 amide bonds. The molecule has 0 radical (unpaired) electrons. The van der Waals surface area contributed by atoms with Gasteiger partial charge in [0.05, 0.1) is 5.75 Å². The SMILES string of the molecule is CS(=O)(=O)CCN1CCCN(CCN)CC1. The van der Waals surface area contributed by atoms with Crippen LogP contribution in [-0.2, 0) is 9.84 Å². The van der Waals surface area contributed by atoms with Crippen LogP contribution in [0.1, 0.15) is 6.42 Å². The molecule has 0 aromatic carbocycles. The third-order valence-corrected chi connectivity index (χ3v) is 3.83. The van der Waals surface area contributed by atoms with E-state index in [4.69, 9.17) is 5.73 Å². The van der Waals surface area contributed by atoms with Crippen LogP contribution < -0.4 is 5.73 Å². The maximum absolute atomic E-state index is 11.1. The second kappa shape index (κ2) is 6.54. The molecule has 5 nitrogen and oxygen atoms in total. The molecule has 96 valence electrons. The van der Waals surface area contributed by atoms with Crippen LogP contribution in [0.25, 0.3) is 0 Å². The van der Waals surface area contributed by atoms with Crippen LogP contribution >= 0.6 is 0 Å². The van der Waals surface area contributed by atoms with Gasteiger partial charge in [0.2, 0.25) is 0 Å². The quantitative estimate of drug-likeness (QED) is 0.677. The number of sulfone groups is 1. The molecule has 0 atom stereocenters. The van der Waals surface area contributed by atoms with Gasteiger partial charge in [-0.2, -0.15) is 0 Å². The molecule has 0 aromatic heterocycles. The van der Waals surface area contributed by atoms with Crippen LogP contribution in [-0.4, -0.2) is 76.0 Å². The largest absolute Gasteiger partial charge is 0.329 e. The van der Waals surface area contributed by atoms with E-state index < -0.39 is 9.84 Å². The first-order valence-corrected chi connectivity index (χ1v) is 7.90. The number of nitrogens with two attached hydrogens (primary N) is 1. The molecule has 1 aliphatic rings. The minimum atomic E-state index is -2.83. The number of nitrogens with zero attached hydrogens (tertiary/aromatic N) is 2. The van der Waals surface area contributed by atoms with E-state index in [0.717, 1.165) is 39.1 Å². The standard InChI is InChI=1S/C10H23N3O2S/c1-16(14,15)10-9-13-5-2-4-12(6-3-11)7-8-13/h2-11H2,1H3. The van der Waals surface area contributed by atoms with Crippen LogP contribution in [0.3, 0.4) is 0 Å². The fourth-order valence-corrected chi connectivity index (χ4v) is 2.54. The van der Waals surface area contributed by atoms with Gasteiger partial charge in [-0.25, -0.2) is 8.42 Å². The summed E-state index contributed by atoms with van der Waals surface area (Å²) in [5, 5.41) is 0. The molecule has 0 spiro atoms. The highest BCUT2D eigenvalue weighted by Gasteiger charge is 2.15. The molecule has 0 unspecified atom stereocenters. The Kier molecular flexibility index (Phi) is 5.68. The van der Waals surface area contributed by atoms with Crippen molar-refractivity contribution in [3.05, 3.63) is 0 Å². The summed E-state index contributed by atoms with van der Waals surface area (Å²) in [6.07, 6.45) is 2.40. The molecular weight excluding hydrogens is 226 g/mol. The first-order chi connectivity index (χ1) is 7.51. The Labute approximate surface area is 98.5 Å². The minimum Gasteiger partial charge on any atom is -0.329 e. The summed E-state index contributed by atoms with van der Waals surface area (Å²) in [5.41, 5.74) is 5.53. The van der Waals surface area contributed by atoms with E-state index >= 15 is 0 Å². The third kappa shape index (κ3) is 5.79. The Morgan fingerprint density at radius 2 is 1.62 bits per heavy atom. The predicted octanol–water partition coefficient (Wildman–Crippen LogP) is -1.00. The lowest BCUT2D eigenvalue weighted by Gasteiger charge is -2.20. The second-order valence-corrected chi connectivity index (χ2v) is 6.72. The fourth-order valence-electron chi connectivity index (χ4n) is 1.95. The summed E-state index contributed by atoms with van der Waals surface area (Å²) in [4.78, 5) is 4.58. The van der Waals surface area contributed by atoms with Crippen molar-refractivity contribution in [2.75, 3.05) is 57.8 Å². The molecule has 1 saturated heterocycles. The van der Waals surface area contributed by atoms with Gasteiger partial charge in [-0.15, -0.1) is 0 Å². The van der Waals surface area contributed by atoms with E-state index in [0.29, 0.717) is 13.1 Å². The van der Waals surface area contributed by atoms with Crippen LogP contribution in [0.15, 0.2) is 0 Å². The second-order valence-electron chi connectivity index (χ2n) is 4.46. The van der Waals surface area contributed by atoms with E-state index in [1.165, 1.54) is 6.26 Å². The number of hydrogen-bond acceptors (Lipinski definition) is 5. The molecule has 6 heteroatoms. The third-order valence-electron chi connectivity index (χ3n) is 2.90. The molecule has 1 rings (SSSR count). The van der Waals surface area contributed by atoms with E-state index in [1.54, 1.807) is 0 Å². The van der Waals surface area contributed by atoms with Gasteiger partial charge >= 0.3 is 0 Å². The molecule has 1 aliphatic heterocycles. The van der Waals surface area contributed by atoms with Gasteiger partial charge in [-0.05, 0) is 19.5 Å². The van der Waals surface area contributed by atoms with Crippen molar-refractivity contribution in [1.29, 1.82) is 0 Å². The summed E-state index contributed by atoms with van der Waals surface area (Å²) in [7, 11) is -2.83. The molecule has 0 aliphatic carbocycles. The Bertz CT molecular complexity index is 292. The lowest BCUT2D eigenvalue weighted by molar-refractivity contribution is 0.268. The van der Waals surface area contributed by atoms with Crippen LogP contribution in [0.5, 0.6) is 0 Å². The highest BCUT2D eigenvalue weighted by Crippen LogP contribution is 2.02. The average molecular weight is 249 g/mol. The van der Waals surface area contributed by atoms with Gasteiger partial charge in [0.25, 0.3) is 0 Å². The van der Waals surface area contributed by atoms with Gasteiger partial charge < -0.3 is 15.5 Å². The topological polar surface area (TPSA) is 66.6 Å². The summed E-state index contributed by atoms with van der Waals surface area (Å²) in [6, 6.07) is 0. The summed E-state index contributed by atoms with van der Waals surface area (Å²) < 4.78 is 22.1. The van der Waals surface area contributed by atoms with Crippen LogP contribution in [0.4, 0.5) is 0 Å². The van der Waals surface area contributed by atoms with Crippen molar-refractivity contribution in [1.82, 2.24) is 9.80 Å². The average Bonchev–Trinajstić information content (AvgIpc) is 2.40. The Balaban J connectivity index is 2.30. The zero-order chi connectivity index (χ0) is 12.0. The first kappa shape index (κ1) is 13.9. The molecule has 1 heterocycles. The van der Waals surface area contributed by atoms with Crippen LogP contribution in [0, 0.1) is 0 Å².